The number of para-hydroxylation sites is 1. The molecule has 82 valence electrons. The second kappa shape index (κ2) is 5.14. The van der Waals surface area contributed by atoms with E-state index in [1.165, 1.54) is 0 Å². The van der Waals surface area contributed by atoms with Crippen LogP contribution in [0.5, 0.6) is 0 Å². The summed E-state index contributed by atoms with van der Waals surface area (Å²) in [4.78, 5) is 1.15. The summed E-state index contributed by atoms with van der Waals surface area (Å²) in [5.74, 6) is 0. The summed E-state index contributed by atoms with van der Waals surface area (Å²) < 4.78 is 0. The van der Waals surface area contributed by atoms with Crippen molar-refractivity contribution in [2.45, 2.75) is 6.92 Å². The molecule has 1 heterocycles. The number of hydrogen-bond donors (Lipinski definition) is 1. The lowest BCUT2D eigenvalue weighted by Crippen LogP contribution is -1.97. The predicted molar refractivity (Wildman–Crippen MR) is 71.6 cm³/mol. The summed E-state index contributed by atoms with van der Waals surface area (Å²) in [7, 11) is 0. The van der Waals surface area contributed by atoms with Crippen LogP contribution in [0.1, 0.15) is 11.8 Å². The normalized spacial score (nSPS) is 11.5. The number of rotatable bonds is 3. The third kappa shape index (κ3) is 2.62. The number of thiophene rings is 1. The van der Waals surface area contributed by atoms with E-state index in [2.05, 4.69) is 10.5 Å². The number of hydrazone groups is 1. The van der Waals surface area contributed by atoms with Crippen LogP contribution in [0.4, 0.5) is 5.69 Å². The fraction of sp³-hybridized carbons (Fsp3) is 0.0833. The molecule has 0 bridgehead atoms. The smallest absolute Gasteiger partial charge is 0.0748 e. The van der Waals surface area contributed by atoms with Gasteiger partial charge in [0.1, 0.15) is 0 Å². The Morgan fingerprint density at radius 2 is 2.06 bits per heavy atom. The highest BCUT2D eigenvalue weighted by Crippen LogP contribution is 2.20. The van der Waals surface area contributed by atoms with Crippen LogP contribution in [0.25, 0.3) is 0 Å². The summed E-state index contributed by atoms with van der Waals surface area (Å²) in [6, 6.07) is 11.6. The van der Waals surface area contributed by atoms with E-state index in [0.29, 0.717) is 5.02 Å². The Morgan fingerprint density at radius 1 is 1.25 bits per heavy atom. The van der Waals surface area contributed by atoms with Crippen LogP contribution in [-0.4, -0.2) is 5.71 Å². The maximum absolute atomic E-state index is 6.00. The molecule has 0 fully saturated rings. The van der Waals surface area contributed by atoms with Crippen LogP contribution in [0.15, 0.2) is 46.9 Å². The molecule has 0 aliphatic rings. The van der Waals surface area contributed by atoms with Crippen LogP contribution >= 0.6 is 22.9 Å². The molecule has 0 radical (unpaired) electrons. The summed E-state index contributed by atoms with van der Waals surface area (Å²) >= 11 is 7.67. The number of hydrogen-bond acceptors (Lipinski definition) is 3. The van der Waals surface area contributed by atoms with Gasteiger partial charge in [-0.05, 0) is 30.5 Å². The second-order valence-electron chi connectivity index (χ2n) is 3.27. The highest BCUT2D eigenvalue weighted by molar-refractivity contribution is 7.12. The van der Waals surface area contributed by atoms with Gasteiger partial charge >= 0.3 is 0 Å². The lowest BCUT2D eigenvalue weighted by molar-refractivity contribution is 1.33. The number of nitrogens with one attached hydrogen (secondary N) is 1. The van der Waals surface area contributed by atoms with E-state index in [9.17, 15) is 0 Å². The molecule has 0 aliphatic carbocycles. The molecule has 0 aliphatic heterocycles. The van der Waals surface area contributed by atoms with Crippen LogP contribution < -0.4 is 5.43 Å². The first kappa shape index (κ1) is 11.2. The summed E-state index contributed by atoms with van der Waals surface area (Å²) in [5.41, 5.74) is 4.74. The minimum Gasteiger partial charge on any atom is -0.277 e. The van der Waals surface area contributed by atoms with Crippen molar-refractivity contribution in [1.29, 1.82) is 0 Å². The molecule has 1 aromatic carbocycles. The quantitative estimate of drug-likeness (QED) is 0.640. The molecule has 0 unspecified atom stereocenters. The molecule has 1 aromatic heterocycles. The summed E-state index contributed by atoms with van der Waals surface area (Å²) in [6.07, 6.45) is 0. The van der Waals surface area contributed by atoms with Crippen molar-refractivity contribution >= 4 is 34.3 Å². The standard InChI is InChI=1S/C12H11ClN2S/c1-9(12-7-4-8-16-12)14-15-11-6-3-2-5-10(11)13/h2-8,15H,1H3. The van der Waals surface area contributed by atoms with Crippen molar-refractivity contribution in [3.05, 3.63) is 51.7 Å². The number of anilines is 1. The monoisotopic (exact) mass is 250 g/mol. The van der Waals surface area contributed by atoms with Gasteiger partial charge in [-0.2, -0.15) is 5.10 Å². The number of halogens is 1. The highest BCUT2D eigenvalue weighted by Gasteiger charge is 1.99. The van der Waals surface area contributed by atoms with Crippen molar-refractivity contribution in [2.75, 3.05) is 5.43 Å². The summed E-state index contributed by atoms with van der Waals surface area (Å²) in [6.45, 7) is 1.97. The van der Waals surface area contributed by atoms with Crippen molar-refractivity contribution < 1.29 is 0 Å². The van der Waals surface area contributed by atoms with E-state index in [-0.39, 0.29) is 0 Å². The van der Waals surface area contributed by atoms with Crippen LogP contribution in [0, 0.1) is 0 Å². The number of benzene rings is 1. The highest BCUT2D eigenvalue weighted by atomic mass is 35.5. The molecule has 0 atom stereocenters. The van der Waals surface area contributed by atoms with Crippen LogP contribution in [-0.2, 0) is 0 Å². The molecule has 0 saturated carbocycles. The summed E-state index contributed by atoms with van der Waals surface area (Å²) in [5, 5.41) is 6.99. The van der Waals surface area contributed by atoms with Gasteiger partial charge in [-0.3, -0.25) is 5.43 Å². The molecule has 0 saturated heterocycles. The molecule has 2 aromatic rings. The van der Waals surface area contributed by atoms with Gasteiger partial charge in [0.05, 0.1) is 16.4 Å². The van der Waals surface area contributed by atoms with Crippen LogP contribution in [0.3, 0.4) is 0 Å². The van der Waals surface area contributed by atoms with Crippen molar-refractivity contribution in [2.24, 2.45) is 5.10 Å². The zero-order valence-corrected chi connectivity index (χ0v) is 10.3. The van der Waals surface area contributed by atoms with Gasteiger partial charge in [-0.25, -0.2) is 0 Å². The van der Waals surface area contributed by atoms with Crippen LogP contribution in [0.2, 0.25) is 5.02 Å². The predicted octanol–water partition coefficient (Wildman–Crippen LogP) is 4.24. The molecular formula is C12H11ClN2S. The maximum atomic E-state index is 6.00. The Balaban J connectivity index is 2.13. The number of nitrogens with zero attached hydrogens (tertiary/aromatic N) is 1. The van der Waals surface area contributed by atoms with Crippen molar-refractivity contribution in [3.8, 4) is 0 Å². The molecule has 0 amide bonds. The Morgan fingerprint density at radius 3 is 2.75 bits per heavy atom. The van der Waals surface area contributed by atoms with Gasteiger partial charge in [0.2, 0.25) is 0 Å². The van der Waals surface area contributed by atoms with Gasteiger partial charge in [0.15, 0.2) is 0 Å². The zero-order valence-electron chi connectivity index (χ0n) is 8.77. The first-order chi connectivity index (χ1) is 7.77. The zero-order chi connectivity index (χ0) is 11.4. The minimum absolute atomic E-state index is 0.672. The second-order valence-corrected chi connectivity index (χ2v) is 4.62. The van der Waals surface area contributed by atoms with E-state index in [4.69, 9.17) is 11.6 Å². The molecule has 16 heavy (non-hydrogen) atoms. The van der Waals surface area contributed by atoms with Gasteiger partial charge in [-0.15, -0.1) is 11.3 Å². The third-order valence-corrected chi connectivity index (χ3v) is 3.40. The van der Waals surface area contributed by atoms with Gasteiger partial charge in [0.25, 0.3) is 0 Å². The van der Waals surface area contributed by atoms with E-state index in [0.717, 1.165) is 16.3 Å². The van der Waals surface area contributed by atoms with E-state index < -0.39 is 0 Å². The van der Waals surface area contributed by atoms with E-state index >= 15 is 0 Å². The fourth-order valence-electron chi connectivity index (χ4n) is 1.24. The first-order valence-corrected chi connectivity index (χ1v) is 6.12. The van der Waals surface area contributed by atoms with Gasteiger partial charge in [0, 0.05) is 4.88 Å². The molecular weight excluding hydrogens is 240 g/mol. The molecule has 2 rings (SSSR count). The Labute approximate surface area is 104 Å². The minimum atomic E-state index is 0.672. The van der Waals surface area contributed by atoms with Gasteiger partial charge < -0.3 is 0 Å². The lowest BCUT2D eigenvalue weighted by Gasteiger charge is -2.03. The largest absolute Gasteiger partial charge is 0.277 e. The topological polar surface area (TPSA) is 24.4 Å². The Bertz CT molecular complexity index is 491. The Kier molecular flexibility index (Phi) is 3.59. The third-order valence-electron chi connectivity index (χ3n) is 2.10. The van der Waals surface area contributed by atoms with Crippen molar-refractivity contribution in [3.63, 3.8) is 0 Å². The fourth-order valence-corrected chi connectivity index (χ4v) is 2.09. The average Bonchev–Trinajstić information content (AvgIpc) is 2.81. The molecule has 0 spiro atoms. The van der Waals surface area contributed by atoms with Gasteiger partial charge in [-0.1, -0.05) is 29.8 Å². The lowest BCUT2D eigenvalue weighted by atomic mass is 10.3. The first-order valence-electron chi connectivity index (χ1n) is 4.86. The van der Waals surface area contributed by atoms with E-state index in [1.807, 2.05) is 48.7 Å². The van der Waals surface area contributed by atoms with Crippen molar-refractivity contribution in [1.82, 2.24) is 0 Å². The van der Waals surface area contributed by atoms with E-state index in [1.54, 1.807) is 11.3 Å². The average molecular weight is 251 g/mol. The Hall–Kier alpha value is -1.32. The molecule has 1 N–H and O–H groups in total. The SMILES string of the molecule is CC(=NNc1ccccc1Cl)c1cccs1. The molecule has 2 nitrogen and oxygen atoms in total. The molecule has 4 heteroatoms. The maximum Gasteiger partial charge on any atom is 0.0748 e.